The van der Waals surface area contributed by atoms with Crippen LogP contribution in [0.3, 0.4) is 0 Å². The number of hydrogen-bond acceptors (Lipinski definition) is 6. The van der Waals surface area contributed by atoms with E-state index in [1.165, 1.54) is 18.2 Å². The number of carbonyl (C=O) groups excluding carboxylic acids is 1. The molecule has 0 saturated carbocycles. The molecule has 2 aromatic rings. The number of hydrogen-bond donors (Lipinski definition) is 0. The second kappa shape index (κ2) is 8.65. The Balaban J connectivity index is 1.42. The van der Waals surface area contributed by atoms with Crippen LogP contribution in [0, 0.1) is 0 Å². The van der Waals surface area contributed by atoms with Gasteiger partial charge in [0, 0.05) is 25.0 Å². The van der Waals surface area contributed by atoms with Crippen molar-refractivity contribution in [2.75, 3.05) is 12.5 Å². The number of amides is 1. The molecule has 1 aromatic carbocycles. The maximum Gasteiger partial charge on any atom is 0.233 e. The largest absolute Gasteiger partial charge is 0.454 e. The lowest BCUT2D eigenvalue weighted by atomic mass is 9.98. The van der Waals surface area contributed by atoms with Crippen molar-refractivity contribution < 1.29 is 14.3 Å². The highest BCUT2D eigenvalue weighted by Crippen LogP contribution is 2.33. The van der Waals surface area contributed by atoms with E-state index in [1.807, 2.05) is 18.2 Å². The molecule has 0 aliphatic carbocycles. The molecule has 1 fully saturated rings. The standard InChI is InChI=1S/C21H28N4O3S/c1-4-24-19(11-16-8-9-17-18(10-16)28-13-27-17)22-23-21(24)29-12-20(26)25-14(2)6-5-7-15(25)3/h8-10,14-15H,4-7,11-13H2,1-3H3/t14-,15-/m0/s1. The van der Waals surface area contributed by atoms with E-state index in [4.69, 9.17) is 9.47 Å². The predicted molar refractivity (Wildman–Crippen MR) is 111 cm³/mol. The summed E-state index contributed by atoms with van der Waals surface area (Å²) in [5.41, 5.74) is 1.10. The molecule has 3 heterocycles. The molecule has 0 spiro atoms. The summed E-state index contributed by atoms with van der Waals surface area (Å²) in [4.78, 5) is 14.9. The fourth-order valence-corrected chi connectivity index (χ4v) is 5.11. The van der Waals surface area contributed by atoms with Gasteiger partial charge in [-0.15, -0.1) is 10.2 Å². The Morgan fingerprint density at radius 1 is 1.17 bits per heavy atom. The van der Waals surface area contributed by atoms with Crippen molar-refractivity contribution >= 4 is 17.7 Å². The van der Waals surface area contributed by atoms with Crippen molar-refractivity contribution in [1.82, 2.24) is 19.7 Å². The number of carbonyl (C=O) groups is 1. The van der Waals surface area contributed by atoms with E-state index in [0.717, 1.165) is 47.4 Å². The normalized spacial score (nSPS) is 20.9. The summed E-state index contributed by atoms with van der Waals surface area (Å²) in [5, 5.41) is 9.55. The van der Waals surface area contributed by atoms with Crippen molar-refractivity contribution in [2.24, 2.45) is 0 Å². The van der Waals surface area contributed by atoms with Crippen molar-refractivity contribution in [3.05, 3.63) is 29.6 Å². The van der Waals surface area contributed by atoms with Crippen LogP contribution in [0.4, 0.5) is 0 Å². The van der Waals surface area contributed by atoms with Gasteiger partial charge < -0.3 is 18.9 Å². The molecule has 2 atom stereocenters. The minimum Gasteiger partial charge on any atom is -0.454 e. The van der Waals surface area contributed by atoms with Gasteiger partial charge in [-0.1, -0.05) is 17.8 Å². The van der Waals surface area contributed by atoms with Gasteiger partial charge >= 0.3 is 0 Å². The lowest BCUT2D eigenvalue weighted by Crippen LogP contribution is -2.48. The van der Waals surface area contributed by atoms with Crippen LogP contribution >= 0.6 is 11.8 Å². The number of benzene rings is 1. The van der Waals surface area contributed by atoms with Gasteiger partial charge in [0.05, 0.1) is 5.75 Å². The van der Waals surface area contributed by atoms with E-state index in [9.17, 15) is 4.79 Å². The van der Waals surface area contributed by atoms with Crippen LogP contribution in [0.25, 0.3) is 0 Å². The van der Waals surface area contributed by atoms with Crippen LogP contribution in [0.1, 0.15) is 51.4 Å². The average Bonchev–Trinajstić information content (AvgIpc) is 3.32. The molecule has 7 nitrogen and oxygen atoms in total. The first kappa shape index (κ1) is 20.1. The molecule has 29 heavy (non-hydrogen) atoms. The number of thioether (sulfide) groups is 1. The molecule has 4 rings (SSSR count). The minimum atomic E-state index is 0.192. The summed E-state index contributed by atoms with van der Waals surface area (Å²) >= 11 is 1.48. The fourth-order valence-electron chi connectivity index (χ4n) is 4.22. The van der Waals surface area contributed by atoms with E-state index < -0.39 is 0 Å². The Bertz CT molecular complexity index is 875. The number of ether oxygens (including phenoxy) is 2. The summed E-state index contributed by atoms with van der Waals surface area (Å²) in [7, 11) is 0. The fraction of sp³-hybridized carbons (Fsp3) is 0.571. The van der Waals surface area contributed by atoms with Crippen molar-refractivity contribution in [3.63, 3.8) is 0 Å². The van der Waals surface area contributed by atoms with E-state index in [1.54, 1.807) is 0 Å². The van der Waals surface area contributed by atoms with Gasteiger partial charge in [0.1, 0.15) is 5.82 Å². The summed E-state index contributed by atoms with van der Waals surface area (Å²) in [6, 6.07) is 6.58. The highest BCUT2D eigenvalue weighted by atomic mass is 32.2. The quantitative estimate of drug-likeness (QED) is 0.672. The zero-order chi connectivity index (χ0) is 20.4. The molecule has 1 aromatic heterocycles. The molecule has 0 unspecified atom stereocenters. The summed E-state index contributed by atoms with van der Waals surface area (Å²) < 4.78 is 12.9. The lowest BCUT2D eigenvalue weighted by molar-refractivity contribution is -0.134. The first-order chi connectivity index (χ1) is 14.1. The number of fused-ring (bicyclic) bond motifs is 1. The maximum absolute atomic E-state index is 12.8. The molecule has 0 radical (unpaired) electrons. The molecular formula is C21H28N4O3S. The Kier molecular flexibility index (Phi) is 5.99. The van der Waals surface area contributed by atoms with Gasteiger partial charge in [-0.25, -0.2) is 0 Å². The highest BCUT2D eigenvalue weighted by Gasteiger charge is 2.29. The lowest BCUT2D eigenvalue weighted by Gasteiger charge is -2.39. The smallest absolute Gasteiger partial charge is 0.233 e. The van der Waals surface area contributed by atoms with Gasteiger partial charge in [-0.05, 0) is 57.7 Å². The minimum absolute atomic E-state index is 0.192. The second-order valence-electron chi connectivity index (χ2n) is 7.73. The topological polar surface area (TPSA) is 69.5 Å². The predicted octanol–water partition coefficient (Wildman–Crippen LogP) is 3.50. The van der Waals surface area contributed by atoms with Crippen LogP contribution < -0.4 is 9.47 Å². The van der Waals surface area contributed by atoms with Gasteiger partial charge in [0.2, 0.25) is 12.7 Å². The second-order valence-corrected chi connectivity index (χ2v) is 8.67. The maximum atomic E-state index is 12.8. The van der Waals surface area contributed by atoms with Gasteiger partial charge in [0.15, 0.2) is 16.7 Å². The van der Waals surface area contributed by atoms with Crippen LogP contribution in [-0.4, -0.2) is 50.2 Å². The zero-order valence-electron chi connectivity index (χ0n) is 17.3. The number of nitrogens with zero attached hydrogens (tertiary/aromatic N) is 4. The van der Waals surface area contributed by atoms with E-state index >= 15 is 0 Å². The van der Waals surface area contributed by atoms with Crippen molar-refractivity contribution in [1.29, 1.82) is 0 Å². The van der Waals surface area contributed by atoms with Crippen LogP contribution in [0.5, 0.6) is 11.5 Å². The highest BCUT2D eigenvalue weighted by molar-refractivity contribution is 7.99. The number of aromatic nitrogens is 3. The third-order valence-corrected chi connectivity index (χ3v) is 6.67. The van der Waals surface area contributed by atoms with Crippen LogP contribution in [0.15, 0.2) is 23.4 Å². The Hall–Kier alpha value is -2.22. The Morgan fingerprint density at radius 2 is 1.93 bits per heavy atom. The van der Waals surface area contributed by atoms with E-state index in [0.29, 0.717) is 24.3 Å². The summed E-state index contributed by atoms with van der Waals surface area (Å²) in [6.07, 6.45) is 4.04. The van der Waals surface area contributed by atoms with Crippen LogP contribution in [0.2, 0.25) is 0 Å². The van der Waals surface area contributed by atoms with Gasteiger partial charge in [-0.3, -0.25) is 4.79 Å². The summed E-state index contributed by atoms with van der Waals surface area (Å²) in [6.45, 7) is 7.41. The summed E-state index contributed by atoms with van der Waals surface area (Å²) in [5.74, 6) is 3.03. The number of rotatable bonds is 6. The van der Waals surface area contributed by atoms with Crippen molar-refractivity contribution in [3.8, 4) is 11.5 Å². The molecular weight excluding hydrogens is 388 g/mol. The first-order valence-electron chi connectivity index (χ1n) is 10.3. The number of likely N-dealkylation sites (tertiary alicyclic amines) is 1. The molecule has 156 valence electrons. The molecule has 0 N–H and O–H groups in total. The number of piperidine rings is 1. The third-order valence-electron chi connectivity index (χ3n) is 5.72. The van der Waals surface area contributed by atoms with Crippen molar-refractivity contribution in [2.45, 2.75) is 70.2 Å². The van der Waals surface area contributed by atoms with E-state index in [2.05, 4.69) is 40.4 Å². The molecule has 2 aliphatic rings. The zero-order valence-corrected chi connectivity index (χ0v) is 18.1. The SMILES string of the molecule is CCn1c(Cc2ccc3c(c2)OCO3)nnc1SCC(=O)N1[C@@H](C)CCC[C@@H]1C. The first-order valence-corrected chi connectivity index (χ1v) is 11.3. The molecule has 2 aliphatic heterocycles. The molecule has 1 saturated heterocycles. The third kappa shape index (κ3) is 4.22. The van der Waals surface area contributed by atoms with Crippen LogP contribution in [-0.2, 0) is 17.8 Å². The monoisotopic (exact) mass is 416 g/mol. The average molecular weight is 417 g/mol. The molecule has 8 heteroatoms. The molecule has 1 amide bonds. The Morgan fingerprint density at radius 3 is 2.69 bits per heavy atom. The van der Waals surface area contributed by atoms with Gasteiger partial charge in [0.25, 0.3) is 0 Å². The Labute approximate surface area is 175 Å². The van der Waals surface area contributed by atoms with E-state index in [-0.39, 0.29) is 12.7 Å². The van der Waals surface area contributed by atoms with Gasteiger partial charge in [-0.2, -0.15) is 0 Å². The molecule has 0 bridgehead atoms.